The molecule has 0 heterocycles. The fraction of sp³-hybridized carbons (Fsp3) is 0.571. The highest BCUT2D eigenvalue weighted by Crippen LogP contribution is 2.33. The van der Waals surface area contributed by atoms with Crippen molar-refractivity contribution < 1.29 is 4.74 Å². The second-order valence-corrected chi connectivity index (χ2v) is 4.57. The molecule has 2 nitrogen and oxygen atoms in total. The molecule has 0 bridgehead atoms. The fourth-order valence-corrected chi connectivity index (χ4v) is 2.24. The van der Waals surface area contributed by atoms with Crippen LogP contribution in [0.25, 0.3) is 0 Å². The van der Waals surface area contributed by atoms with Crippen molar-refractivity contribution in [1.29, 1.82) is 0 Å². The first-order chi connectivity index (χ1) is 7.81. The second kappa shape index (κ2) is 5.46. The highest BCUT2D eigenvalue weighted by molar-refractivity contribution is 5.40. The van der Waals surface area contributed by atoms with Crippen molar-refractivity contribution >= 4 is 0 Å². The van der Waals surface area contributed by atoms with E-state index in [-0.39, 0.29) is 0 Å². The average molecular weight is 219 g/mol. The minimum Gasteiger partial charge on any atom is -0.380 e. The van der Waals surface area contributed by atoms with Crippen molar-refractivity contribution in [3.05, 3.63) is 35.4 Å². The van der Waals surface area contributed by atoms with Crippen molar-refractivity contribution in [1.82, 2.24) is 5.32 Å². The molecule has 0 spiro atoms. The summed E-state index contributed by atoms with van der Waals surface area (Å²) in [7, 11) is 0. The van der Waals surface area contributed by atoms with Crippen LogP contribution in [0.1, 0.15) is 30.9 Å². The van der Waals surface area contributed by atoms with Crippen LogP contribution < -0.4 is 5.32 Å². The van der Waals surface area contributed by atoms with E-state index < -0.39 is 0 Å². The fourth-order valence-electron chi connectivity index (χ4n) is 2.24. The standard InChI is InChI=1S/C14H21NO/c1-3-16-10-11(2)15-9-13-8-12-6-4-5-7-14(12)13/h4-7,11,13,15H,3,8-10H2,1-2H3. The number of rotatable bonds is 6. The lowest BCUT2D eigenvalue weighted by atomic mass is 9.77. The molecule has 0 radical (unpaired) electrons. The lowest BCUT2D eigenvalue weighted by molar-refractivity contribution is 0.126. The van der Waals surface area contributed by atoms with Crippen LogP contribution in [0.3, 0.4) is 0 Å². The summed E-state index contributed by atoms with van der Waals surface area (Å²) in [6.07, 6.45) is 1.23. The zero-order valence-electron chi connectivity index (χ0n) is 10.2. The van der Waals surface area contributed by atoms with Crippen LogP contribution in [0.4, 0.5) is 0 Å². The molecule has 0 saturated carbocycles. The van der Waals surface area contributed by atoms with Crippen LogP contribution in [0.15, 0.2) is 24.3 Å². The molecule has 1 aromatic carbocycles. The molecule has 2 heteroatoms. The minimum absolute atomic E-state index is 0.452. The van der Waals surface area contributed by atoms with Gasteiger partial charge < -0.3 is 10.1 Å². The molecule has 1 aromatic rings. The maximum atomic E-state index is 5.39. The summed E-state index contributed by atoms with van der Waals surface area (Å²) in [4.78, 5) is 0. The third-order valence-electron chi connectivity index (χ3n) is 3.25. The van der Waals surface area contributed by atoms with E-state index >= 15 is 0 Å². The van der Waals surface area contributed by atoms with Gasteiger partial charge in [-0.2, -0.15) is 0 Å². The van der Waals surface area contributed by atoms with Gasteiger partial charge in [0.1, 0.15) is 0 Å². The zero-order valence-corrected chi connectivity index (χ0v) is 10.2. The molecule has 0 fully saturated rings. The Kier molecular flexibility index (Phi) is 3.97. The second-order valence-electron chi connectivity index (χ2n) is 4.57. The summed E-state index contributed by atoms with van der Waals surface area (Å²) in [5.74, 6) is 0.709. The van der Waals surface area contributed by atoms with Gasteiger partial charge >= 0.3 is 0 Å². The Morgan fingerprint density at radius 3 is 3.00 bits per heavy atom. The van der Waals surface area contributed by atoms with Crippen molar-refractivity contribution in [2.75, 3.05) is 19.8 Å². The van der Waals surface area contributed by atoms with Gasteiger partial charge in [0.05, 0.1) is 6.61 Å². The van der Waals surface area contributed by atoms with E-state index in [4.69, 9.17) is 4.74 Å². The van der Waals surface area contributed by atoms with Gasteiger partial charge in [-0.15, -0.1) is 0 Å². The SMILES string of the molecule is CCOCC(C)NCC1Cc2ccccc21. The predicted octanol–water partition coefficient (Wildman–Crippen LogP) is 2.34. The van der Waals surface area contributed by atoms with E-state index in [0.29, 0.717) is 12.0 Å². The van der Waals surface area contributed by atoms with E-state index in [1.807, 2.05) is 6.92 Å². The van der Waals surface area contributed by atoms with Crippen LogP contribution in [-0.4, -0.2) is 25.8 Å². The maximum Gasteiger partial charge on any atom is 0.0616 e. The van der Waals surface area contributed by atoms with Crippen LogP contribution in [0.2, 0.25) is 0 Å². The summed E-state index contributed by atoms with van der Waals surface area (Å²) < 4.78 is 5.39. The number of hydrogen-bond donors (Lipinski definition) is 1. The molecule has 16 heavy (non-hydrogen) atoms. The van der Waals surface area contributed by atoms with Gasteiger partial charge in [0.2, 0.25) is 0 Å². The zero-order chi connectivity index (χ0) is 11.4. The number of ether oxygens (including phenoxy) is 1. The summed E-state index contributed by atoms with van der Waals surface area (Å²) in [5, 5.41) is 3.54. The summed E-state index contributed by atoms with van der Waals surface area (Å²) >= 11 is 0. The molecular weight excluding hydrogens is 198 g/mol. The molecule has 2 rings (SSSR count). The molecule has 0 aliphatic heterocycles. The van der Waals surface area contributed by atoms with Gasteiger partial charge in [-0.25, -0.2) is 0 Å². The Hall–Kier alpha value is -0.860. The lowest BCUT2D eigenvalue weighted by Gasteiger charge is -2.31. The summed E-state index contributed by atoms with van der Waals surface area (Å²) in [6.45, 7) is 6.91. The highest BCUT2D eigenvalue weighted by atomic mass is 16.5. The number of hydrogen-bond acceptors (Lipinski definition) is 2. The Labute approximate surface area is 98.0 Å². The average Bonchev–Trinajstić information content (AvgIpc) is 2.27. The topological polar surface area (TPSA) is 21.3 Å². The van der Waals surface area contributed by atoms with Crippen LogP contribution in [0, 0.1) is 0 Å². The van der Waals surface area contributed by atoms with Crippen molar-refractivity contribution in [3.63, 3.8) is 0 Å². The summed E-state index contributed by atoms with van der Waals surface area (Å²) in [6, 6.07) is 9.19. The molecule has 1 aliphatic rings. The molecular formula is C14H21NO. The molecule has 0 amide bonds. The van der Waals surface area contributed by atoms with Gasteiger partial charge in [-0.3, -0.25) is 0 Å². The quantitative estimate of drug-likeness (QED) is 0.793. The molecule has 2 unspecified atom stereocenters. The number of nitrogens with one attached hydrogen (secondary N) is 1. The van der Waals surface area contributed by atoms with E-state index in [2.05, 4.69) is 36.5 Å². The van der Waals surface area contributed by atoms with Crippen molar-refractivity contribution in [2.24, 2.45) is 0 Å². The van der Waals surface area contributed by atoms with Gasteiger partial charge in [0.15, 0.2) is 0 Å². The van der Waals surface area contributed by atoms with Crippen molar-refractivity contribution in [3.8, 4) is 0 Å². The largest absolute Gasteiger partial charge is 0.380 e. The van der Waals surface area contributed by atoms with Gasteiger partial charge in [0, 0.05) is 25.1 Å². The molecule has 88 valence electrons. The third kappa shape index (κ3) is 2.63. The monoisotopic (exact) mass is 219 g/mol. The van der Waals surface area contributed by atoms with Crippen LogP contribution in [-0.2, 0) is 11.2 Å². The smallest absolute Gasteiger partial charge is 0.0616 e. The van der Waals surface area contributed by atoms with Gasteiger partial charge in [0.25, 0.3) is 0 Å². The first-order valence-corrected chi connectivity index (χ1v) is 6.20. The number of benzene rings is 1. The Morgan fingerprint density at radius 2 is 2.25 bits per heavy atom. The maximum absolute atomic E-state index is 5.39. The van der Waals surface area contributed by atoms with E-state index in [0.717, 1.165) is 19.8 Å². The van der Waals surface area contributed by atoms with Crippen LogP contribution in [0.5, 0.6) is 0 Å². The van der Waals surface area contributed by atoms with Gasteiger partial charge in [-0.1, -0.05) is 24.3 Å². The summed E-state index contributed by atoms with van der Waals surface area (Å²) in [5.41, 5.74) is 3.05. The predicted molar refractivity (Wildman–Crippen MR) is 66.8 cm³/mol. The third-order valence-corrected chi connectivity index (χ3v) is 3.25. The van der Waals surface area contributed by atoms with Gasteiger partial charge in [-0.05, 0) is 31.4 Å². The first kappa shape index (κ1) is 11.6. The Balaban J connectivity index is 1.73. The molecule has 1 N–H and O–H groups in total. The van der Waals surface area contributed by atoms with Crippen LogP contribution >= 0.6 is 0 Å². The first-order valence-electron chi connectivity index (χ1n) is 6.20. The van der Waals surface area contributed by atoms with E-state index in [1.54, 1.807) is 0 Å². The molecule has 0 aromatic heterocycles. The Bertz CT molecular complexity index is 337. The molecule has 2 atom stereocenters. The van der Waals surface area contributed by atoms with Crippen molar-refractivity contribution in [2.45, 2.75) is 32.2 Å². The van der Waals surface area contributed by atoms with E-state index in [9.17, 15) is 0 Å². The highest BCUT2D eigenvalue weighted by Gasteiger charge is 2.25. The molecule has 1 aliphatic carbocycles. The minimum atomic E-state index is 0.452. The molecule has 0 saturated heterocycles. The number of fused-ring (bicyclic) bond motifs is 1. The Morgan fingerprint density at radius 1 is 1.44 bits per heavy atom. The van der Waals surface area contributed by atoms with E-state index in [1.165, 1.54) is 17.5 Å². The normalized spacial score (nSPS) is 20.0. The lowest BCUT2D eigenvalue weighted by Crippen LogP contribution is -2.36.